The van der Waals surface area contributed by atoms with E-state index in [1.165, 1.54) is 0 Å². The lowest BCUT2D eigenvalue weighted by atomic mass is 9.99. The van der Waals surface area contributed by atoms with Gasteiger partial charge >= 0.3 is 5.97 Å². The van der Waals surface area contributed by atoms with Gasteiger partial charge in [-0.3, -0.25) is 4.79 Å². The molecule has 174 valence electrons. The summed E-state index contributed by atoms with van der Waals surface area (Å²) in [6.07, 6.45) is -11.0. The van der Waals surface area contributed by atoms with Crippen LogP contribution in [0.4, 0.5) is 5.69 Å². The third-order valence-corrected chi connectivity index (χ3v) is 5.73. The maximum Gasteiger partial charge on any atom is 0.335 e. The van der Waals surface area contributed by atoms with E-state index in [1.807, 2.05) is 0 Å². The monoisotopic (exact) mass is 496 g/mol. The van der Waals surface area contributed by atoms with Crippen LogP contribution in [0.15, 0.2) is 47.5 Å². The Bertz CT molecular complexity index is 1130. The maximum atomic E-state index is 12.9. The molecule has 1 amide bonds. The van der Waals surface area contributed by atoms with E-state index >= 15 is 0 Å². The van der Waals surface area contributed by atoms with Crippen molar-refractivity contribution < 1.29 is 39.5 Å². The third kappa shape index (κ3) is 4.59. The highest BCUT2D eigenvalue weighted by atomic mass is 35.5. The molecular weight excluding hydrogens is 479 g/mol. The van der Waals surface area contributed by atoms with Crippen LogP contribution in [0.2, 0.25) is 10.0 Å². The Hall–Kier alpha value is -2.57. The molecule has 10 nitrogen and oxygen atoms in total. The summed E-state index contributed by atoms with van der Waals surface area (Å²) in [5.41, 5.74) is 1.50. The number of fused-ring (bicyclic) bond motifs is 1. The Kier molecular flexibility index (Phi) is 6.68. The number of carboxylic acid groups (broad SMARTS) is 1. The fourth-order valence-corrected chi connectivity index (χ4v) is 3.91. The number of aliphatic carboxylic acids is 1. The minimum Gasteiger partial charge on any atom is -0.479 e. The highest BCUT2D eigenvalue weighted by molar-refractivity contribution is 6.36. The van der Waals surface area contributed by atoms with Gasteiger partial charge < -0.3 is 35.2 Å². The molecule has 2 aromatic rings. The number of aliphatic hydroxyl groups is 3. The molecule has 6 atom stereocenters. The first kappa shape index (κ1) is 23.6. The number of hydrogen-bond acceptors (Lipinski definition) is 8. The van der Waals surface area contributed by atoms with Gasteiger partial charge in [-0.25, -0.2) is 9.79 Å². The predicted molar refractivity (Wildman–Crippen MR) is 116 cm³/mol. The van der Waals surface area contributed by atoms with Crippen LogP contribution in [0.3, 0.4) is 0 Å². The average molecular weight is 497 g/mol. The number of aliphatic imine (C=N–C) groups is 1. The lowest BCUT2D eigenvalue weighted by Crippen LogP contribution is -2.61. The minimum absolute atomic E-state index is 0.238. The van der Waals surface area contributed by atoms with Crippen LogP contribution in [0.25, 0.3) is 0 Å². The van der Waals surface area contributed by atoms with Crippen LogP contribution >= 0.6 is 23.2 Å². The summed E-state index contributed by atoms with van der Waals surface area (Å²) in [5, 5.41) is 42.7. The number of benzene rings is 2. The Morgan fingerprint density at radius 1 is 1.03 bits per heavy atom. The molecule has 2 aliphatic heterocycles. The zero-order valence-corrected chi connectivity index (χ0v) is 18.1. The number of ether oxygens (including phenoxy) is 2. The quantitative estimate of drug-likeness (QED) is 0.419. The van der Waals surface area contributed by atoms with Crippen LogP contribution in [0.5, 0.6) is 0 Å². The molecule has 0 bridgehead atoms. The largest absolute Gasteiger partial charge is 0.479 e. The molecule has 0 unspecified atom stereocenters. The van der Waals surface area contributed by atoms with Crippen molar-refractivity contribution in [3.8, 4) is 0 Å². The van der Waals surface area contributed by atoms with Crippen molar-refractivity contribution in [2.75, 3.05) is 5.32 Å². The van der Waals surface area contributed by atoms with Crippen LogP contribution in [-0.2, 0) is 19.1 Å². The average Bonchev–Trinajstić information content (AvgIpc) is 2.90. The number of aliphatic hydroxyl groups excluding tert-OH is 3. The second-order valence-corrected chi connectivity index (χ2v) is 8.20. The Labute approximate surface area is 197 Å². The van der Waals surface area contributed by atoms with Crippen molar-refractivity contribution >= 4 is 46.5 Å². The zero-order valence-electron chi connectivity index (χ0n) is 16.6. The molecule has 5 N–H and O–H groups in total. The first-order chi connectivity index (χ1) is 15.7. The summed E-state index contributed by atoms with van der Waals surface area (Å²) in [4.78, 5) is 28.6. The summed E-state index contributed by atoms with van der Waals surface area (Å²) in [5.74, 6) is -2.35. The van der Waals surface area contributed by atoms with Crippen molar-refractivity contribution in [2.24, 2.45) is 4.99 Å². The lowest BCUT2D eigenvalue weighted by molar-refractivity contribution is -0.300. The van der Waals surface area contributed by atoms with Gasteiger partial charge in [0.2, 0.25) is 6.23 Å². The SMILES string of the molecule is O=C1Nc2ccc(Cl)cc2C(c2ccccc2Cl)=N[C@@H]1O[C@@H]1O[C@H](C(=O)O)[C@@H](O)[C@H](O)[C@H]1O. The van der Waals surface area contributed by atoms with E-state index in [1.54, 1.807) is 42.5 Å². The standard InChI is InChI=1S/C21H18Cl2N2O8/c22-8-5-6-12-10(7-8)13(9-3-1-2-4-11(9)23)25-19(18(29)24-12)33-21-16(28)14(26)15(27)17(32-21)20(30)31/h1-7,14-17,19,21,26-28H,(H,24,29)(H,30,31)/t14-,15-,16+,17-,19+,21-/m0/s1. The third-order valence-electron chi connectivity index (χ3n) is 5.17. The number of carbonyl (C=O) groups excluding carboxylic acids is 1. The molecule has 0 aliphatic carbocycles. The molecule has 2 aromatic carbocycles. The molecule has 2 aliphatic rings. The van der Waals surface area contributed by atoms with Gasteiger partial charge in [0, 0.05) is 21.2 Å². The van der Waals surface area contributed by atoms with E-state index in [9.17, 15) is 30.0 Å². The first-order valence-electron chi connectivity index (χ1n) is 9.69. The number of carbonyl (C=O) groups is 2. The molecule has 4 rings (SSSR count). The number of nitrogens with zero attached hydrogens (tertiary/aromatic N) is 1. The summed E-state index contributed by atoms with van der Waals surface area (Å²) in [6, 6.07) is 11.4. The van der Waals surface area contributed by atoms with Crippen molar-refractivity contribution in [3.05, 3.63) is 63.6 Å². The van der Waals surface area contributed by atoms with Crippen molar-refractivity contribution in [2.45, 2.75) is 36.9 Å². The van der Waals surface area contributed by atoms with E-state index in [0.29, 0.717) is 26.9 Å². The van der Waals surface area contributed by atoms with E-state index in [4.69, 9.17) is 32.7 Å². The van der Waals surface area contributed by atoms with Crippen LogP contribution in [0, 0.1) is 0 Å². The first-order valence-corrected chi connectivity index (χ1v) is 10.4. The lowest BCUT2D eigenvalue weighted by Gasteiger charge is -2.39. The number of nitrogens with one attached hydrogen (secondary N) is 1. The number of hydrogen-bond donors (Lipinski definition) is 5. The molecule has 1 saturated heterocycles. The van der Waals surface area contributed by atoms with Crippen molar-refractivity contribution in [1.82, 2.24) is 0 Å². The van der Waals surface area contributed by atoms with Crippen LogP contribution < -0.4 is 5.32 Å². The number of rotatable bonds is 4. The maximum absolute atomic E-state index is 12.9. The number of anilines is 1. The highest BCUT2D eigenvalue weighted by Crippen LogP contribution is 2.31. The van der Waals surface area contributed by atoms with Crippen molar-refractivity contribution in [3.63, 3.8) is 0 Å². The Balaban J connectivity index is 1.75. The molecular formula is C21H18Cl2N2O8. The fraction of sp³-hybridized carbons (Fsp3) is 0.286. The molecule has 2 heterocycles. The topological polar surface area (TPSA) is 158 Å². The molecule has 1 fully saturated rings. The van der Waals surface area contributed by atoms with Crippen LogP contribution in [-0.4, -0.2) is 74.9 Å². The Morgan fingerprint density at radius 3 is 2.45 bits per heavy atom. The van der Waals surface area contributed by atoms with Crippen LogP contribution in [0.1, 0.15) is 11.1 Å². The summed E-state index contributed by atoms with van der Waals surface area (Å²) >= 11 is 12.5. The van der Waals surface area contributed by atoms with Gasteiger partial charge in [0.15, 0.2) is 12.4 Å². The molecule has 33 heavy (non-hydrogen) atoms. The predicted octanol–water partition coefficient (Wildman–Crippen LogP) is 1.02. The zero-order chi connectivity index (χ0) is 23.9. The number of amides is 1. The van der Waals surface area contributed by atoms with Gasteiger partial charge in [-0.2, -0.15) is 0 Å². The smallest absolute Gasteiger partial charge is 0.335 e. The number of carboxylic acids is 1. The Morgan fingerprint density at radius 2 is 1.76 bits per heavy atom. The molecule has 12 heteroatoms. The van der Waals surface area contributed by atoms with Gasteiger partial charge in [-0.1, -0.05) is 41.4 Å². The number of benzodiazepines with no additional fused rings is 1. The summed E-state index contributed by atoms with van der Waals surface area (Å²) < 4.78 is 10.6. The highest BCUT2D eigenvalue weighted by Gasteiger charge is 2.48. The van der Waals surface area contributed by atoms with Gasteiger partial charge in [-0.05, 0) is 24.3 Å². The molecule has 0 spiro atoms. The van der Waals surface area contributed by atoms with Gasteiger partial charge in [0.05, 0.1) is 11.4 Å². The summed E-state index contributed by atoms with van der Waals surface area (Å²) in [6.45, 7) is 0. The summed E-state index contributed by atoms with van der Waals surface area (Å²) in [7, 11) is 0. The van der Waals surface area contributed by atoms with E-state index in [-0.39, 0.29) is 5.71 Å². The molecule has 0 radical (unpaired) electrons. The van der Waals surface area contributed by atoms with E-state index in [2.05, 4.69) is 10.3 Å². The van der Waals surface area contributed by atoms with E-state index < -0.39 is 48.8 Å². The normalized spacial score (nSPS) is 29.5. The van der Waals surface area contributed by atoms with Gasteiger partial charge in [0.1, 0.15) is 18.3 Å². The van der Waals surface area contributed by atoms with Gasteiger partial charge in [-0.15, -0.1) is 0 Å². The second kappa shape index (κ2) is 9.35. The van der Waals surface area contributed by atoms with Crippen molar-refractivity contribution in [1.29, 1.82) is 0 Å². The second-order valence-electron chi connectivity index (χ2n) is 7.36. The van der Waals surface area contributed by atoms with Gasteiger partial charge in [0.25, 0.3) is 5.91 Å². The molecule has 0 aromatic heterocycles. The van der Waals surface area contributed by atoms with E-state index in [0.717, 1.165) is 0 Å². The fourth-order valence-electron chi connectivity index (χ4n) is 3.51. The minimum atomic E-state index is -1.91. The number of halogens is 2. The molecule has 0 saturated carbocycles.